The Kier molecular flexibility index (Phi) is 7.94. The Bertz CT molecular complexity index is 1710. The number of halogens is 4. The number of esters is 1. The van der Waals surface area contributed by atoms with Gasteiger partial charge >= 0.3 is 18.6 Å². The zero-order chi connectivity index (χ0) is 30.4. The predicted molar refractivity (Wildman–Crippen MR) is 152 cm³/mol. The lowest BCUT2D eigenvalue weighted by molar-refractivity contribution is -0.0494. The van der Waals surface area contributed by atoms with Crippen LogP contribution in [0.4, 0.5) is 18.3 Å². The normalized spacial score (nSPS) is 18.8. The summed E-state index contributed by atoms with van der Waals surface area (Å²) < 4.78 is 57.5. The van der Waals surface area contributed by atoms with Gasteiger partial charge in [-0.25, -0.2) is 19.0 Å². The van der Waals surface area contributed by atoms with Crippen molar-refractivity contribution < 1.29 is 41.9 Å². The fraction of sp³-hybridized carbons (Fsp3) is 0.379. The fourth-order valence-corrected chi connectivity index (χ4v) is 6.79. The van der Waals surface area contributed by atoms with Crippen LogP contribution in [0.15, 0.2) is 34.9 Å². The molecule has 1 aliphatic carbocycles. The molecule has 9 nitrogen and oxygen atoms in total. The van der Waals surface area contributed by atoms with Crippen LogP contribution in [0.25, 0.3) is 21.5 Å². The highest BCUT2D eigenvalue weighted by molar-refractivity contribution is 7.22. The van der Waals surface area contributed by atoms with Crippen molar-refractivity contribution in [3.05, 3.63) is 58.1 Å². The van der Waals surface area contributed by atoms with Crippen molar-refractivity contribution in [3.8, 4) is 17.0 Å². The SMILES string of the molecule is CC[C@@H]1C[C@H](OC(=O)c2c(-c3c(Cl)cccc3OC(F)F)noc2C2CC2)CCN1c1nc2c(F)cc(C(=O)O)cc2s1. The first-order chi connectivity index (χ1) is 20.6. The van der Waals surface area contributed by atoms with Crippen LogP contribution < -0.4 is 9.64 Å². The average Bonchev–Trinajstić information content (AvgIpc) is 3.56. The third kappa shape index (κ3) is 5.75. The smallest absolute Gasteiger partial charge is 0.387 e. The summed E-state index contributed by atoms with van der Waals surface area (Å²) in [5, 5.41) is 13.9. The van der Waals surface area contributed by atoms with E-state index >= 15 is 0 Å². The second kappa shape index (κ2) is 11.7. The number of fused-ring (bicyclic) bond motifs is 1. The summed E-state index contributed by atoms with van der Waals surface area (Å²) >= 11 is 7.58. The van der Waals surface area contributed by atoms with Gasteiger partial charge in [-0.1, -0.05) is 41.1 Å². The summed E-state index contributed by atoms with van der Waals surface area (Å²) in [6.45, 7) is -0.694. The average molecular weight is 636 g/mol. The molecular formula is C29H25ClF3N3O6S. The monoisotopic (exact) mass is 635 g/mol. The number of ether oxygens (including phenoxy) is 2. The minimum Gasteiger partial charge on any atom is -0.478 e. The molecule has 2 atom stereocenters. The van der Waals surface area contributed by atoms with Crippen LogP contribution in [0.5, 0.6) is 5.75 Å². The van der Waals surface area contributed by atoms with Gasteiger partial charge in [0.05, 0.1) is 20.8 Å². The van der Waals surface area contributed by atoms with Crippen LogP contribution in [0.2, 0.25) is 5.02 Å². The molecule has 6 rings (SSSR count). The number of piperidine rings is 1. The van der Waals surface area contributed by atoms with E-state index < -0.39 is 30.5 Å². The van der Waals surface area contributed by atoms with Gasteiger partial charge in [-0.2, -0.15) is 8.78 Å². The Labute approximate surface area is 252 Å². The number of thiazole rings is 1. The van der Waals surface area contributed by atoms with E-state index in [1.165, 1.54) is 35.6 Å². The maximum atomic E-state index is 14.6. The first-order valence-electron chi connectivity index (χ1n) is 13.7. The van der Waals surface area contributed by atoms with Gasteiger partial charge < -0.3 is 24.0 Å². The maximum absolute atomic E-state index is 14.6. The number of aromatic carboxylic acids is 1. The van der Waals surface area contributed by atoms with Crippen LogP contribution in [0, 0.1) is 5.82 Å². The molecule has 1 saturated heterocycles. The van der Waals surface area contributed by atoms with E-state index in [9.17, 15) is 27.9 Å². The summed E-state index contributed by atoms with van der Waals surface area (Å²) in [7, 11) is 0. The zero-order valence-electron chi connectivity index (χ0n) is 22.7. The van der Waals surface area contributed by atoms with E-state index in [1.54, 1.807) is 0 Å². The van der Waals surface area contributed by atoms with E-state index in [0.717, 1.165) is 18.9 Å². The molecular weight excluding hydrogens is 611 g/mol. The number of carboxylic acid groups (broad SMARTS) is 1. The molecule has 4 aromatic rings. The first-order valence-corrected chi connectivity index (χ1v) is 14.9. The van der Waals surface area contributed by atoms with Gasteiger partial charge in [0, 0.05) is 31.3 Å². The third-order valence-electron chi connectivity index (χ3n) is 7.64. The molecule has 226 valence electrons. The van der Waals surface area contributed by atoms with Gasteiger partial charge in [-0.05, 0) is 43.5 Å². The van der Waals surface area contributed by atoms with Crippen LogP contribution >= 0.6 is 22.9 Å². The Morgan fingerprint density at radius 2 is 2.05 bits per heavy atom. The van der Waals surface area contributed by atoms with Crippen LogP contribution in [-0.2, 0) is 4.74 Å². The van der Waals surface area contributed by atoms with Crippen molar-refractivity contribution in [2.45, 2.75) is 63.7 Å². The second-order valence-electron chi connectivity index (χ2n) is 10.4. The van der Waals surface area contributed by atoms with Crippen molar-refractivity contribution in [2.24, 2.45) is 0 Å². The van der Waals surface area contributed by atoms with E-state index in [2.05, 4.69) is 14.9 Å². The molecule has 1 saturated carbocycles. The number of alkyl halides is 2. The van der Waals surface area contributed by atoms with Crippen LogP contribution in [0.1, 0.15) is 71.4 Å². The highest BCUT2D eigenvalue weighted by Gasteiger charge is 2.39. The minimum absolute atomic E-state index is 0.0162. The van der Waals surface area contributed by atoms with E-state index in [-0.39, 0.29) is 50.6 Å². The van der Waals surface area contributed by atoms with Crippen LogP contribution in [0.3, 0.4) is 0 Å². The number of anilines is 1. The number of nitrogens with zero attached hydrogens (tertiary/aromatic N) is 3. The zero-order valence-corrected chi connectivity index (χ0v) is 24.3. The number of carbonyl (C=O) groups is 2. The molecule has 1 N–H and O–H groups in total. The molecule has 43 heavy (non-hydrogen) atoms. The molecule has 3 heterocycles. The Morgan fingerprint density at radius 1 is 1.26 bits per heavy atom. The molecule has 0 bridgehead atoms. The van der Waals surface area contributed by atoms with Crippen LogP contribution in [-0.4, -0.2) is 52.5 Å². The molecule has 2 fully saturated rings. The Hall–Kier alpha value is -3.84. The summed E-state index contributed by atoms with van der Waals surface area (Å²) in [6.07, 6.45) is 2.64. The highest BCUT2D eigenvalue weighted by Crippen LogP contribution is 2.47. The molecule has 0 amide bonds. The largest absolute Gasteiger partial charge is 0.478 e. The molecule has 0 spiro atoms. The highest BCUT2D eigenvalue weighted by atomic mass is 35.5. The fourth-order valence-electron chi connectivity index (χ4n) is 5.42. The van der Waals surface area contributed by atoms with Gasteiger partial charge in [-0.15, -0.1) is 0 Å². The molecule has 0 unspecified atom stereocenters. The summed E-state index contributed by atoms with van der Waals surface area (Å²) in [5.74, 6) is -2.59. The van der Waals surface area contributed by atoms with E-state index in [4.69, 9.17) is 20.9 Å². The molecule has 14 heteroatoms. The molecule has 0 radical (unpaired) electrons. The Balaban J connectivity index is 1.25. The van der Waals surface area contributed by atoms with Gasteiger partial charge in [0.2, 0.25) is 0 Å². The summed E-state index contributed by atoms with van der Waals surface area (Å²) in [4.78, 5) is 31.5. The van der Waals surface area contributed by atoms with Crippen molar-refractivity contribution in [1.82, 2.24) is 10.1 Å². The number of rotatable bonds is 9. The van der Waals surface area contributed by atoms with Crippen molar-refractivity contribution in [1.29, 1.82) is 0 Å². The minimum atomic E-state index is -3.12. The molecule has 2 aromatic heterocycles. The molecule has 2 aromatic carbocycles. The third-order valence-corrected chi connectivity index (χ3v) is 9.00. The second-order valence-corrected chi connectivity index (χ2v) is 11.9. The molecule has 2 aliphatic rings. The summed E-state index contributed by atoms with van der Waals surface area (Å²) in [5.41, 5.74) is -0.00430. The Morgan fingerprint density at radius 3 is 2.74 bits per heavy atom. The van der Waals surface area contributed by atoms with Gasteiger partial charge in [0.1, 0.15) is 28.6 Å². The predicted octanol–water partition coefficient (Wildman–Crippen LogP) is 7.53. The molecule has 1 aliphatic heterocycles. The van der Waals surface area contributed by atoms with Gasteiger partial charge in [-0.3, -0.25) is 0 Å². The number of benzene rings is 2. The van der Waals surface area contributed by atoms with Crippen molar-refractivity contribution in [2.75, 3.05) is 11.4 Å². The van der Waals surface area contributed by atoms with Gasteiger partial charge in [0.25, 0.3) is 0 Å². The lowest BCUT2D eigenvalue weighted by atomic mass is 9.97. The number of hydrogen-bond acceptors (Lipinski definition) is 9. The topological polar surface area (TPSA) is 115 Å². The maximum Gasteiger partial charge on any atom is 0.387 e. The lowest BCUT2D eigenvalue weighted by Crippen LogP contribution is -2.45. The van der Waals surface area contributed by atoms with Crippen molar-refractivity contribution >= 4 is 50.2 Å². The van der Waals surface area contributed by atoms with Gasteiger partial charge in [0.15, 0.2) is 16.7 Å². The first kappa shape index (κ1) is 29.2. The number of hydrogen-bond donors (Lipinski definition) is 1. The van der Waals surface area contributed by atoms with E-state index in [1.807, 2.05) is 11.8 Å². The number of carbonyl (C=O) groups excluding carboxylic acids is 1. The lowest BCUT2D eigenvalue weighted by Gasteiger charge is -2.38. The van der Waals surface area contributed by atoms with E-state index in [0.29, 0.717) is 41.4 Å². The number of carboxylic acids is 1. The standard InChI is InChI=1S/C29H25ClF3N3O6S/c1-2-15-12-16(8-9-36(15)29-34-23-18(31)10-14(26(37)38)11-20(23)43-29)40-27(39)22-24(35-42-25(22)13-6-7-13)21-17(30)4-3-5-19(21)41-28(32)33/h3-5,10-11,13,15-16,28H,2,6-9,12H2,1H3,(H,37,38)/t15-,16-/m1/s1. The summed E-state index contributed by atoms with van der Waals surface area (Å²) in [6, 6.07) is 6.50. The van der Waals surface area contributed by atoms with Crippen molar-refractivity contribution in [3.63, 3.8) is 0 Å². The quantitative estimate of drug-likeness (QED) is 0.186. The number of aromatic nitrogens is 2.